The Hall–Kier alpha value is -2.21. The Morgan fingerprint density at radius 1 is 0.958 bits per heavy atom. The number of aromatic hydroxyl groups is 1. The highest BCUT2D eigenvalue weighted by Gasteiger charge is 2.20. The van der Waals surface area contributed by atoms with Crippen LogP contribution in [0, 0.1) is 27.7 Å². The van der Waals surface area contributed by atoms with Crippen LogP contribution in [0.15, 0.2) is 18.2 Å². The van der Waals surface area contributed by atoms with E-state index in [1.807, 2.05) is 33.8 Å². The average Bonchev–Trinajstić information content (AvgIpc) is 2.45. The van der Waals surface area contributed by atoms with Gasteiger partial charge in [0.25, 0.3) is 0 Å². The molecule has 5 nitrogen and oxygen atoms in total. The van der Waals surface area contributed by atoms with Gasteiger partial charge in [-0.2, -0.15) is 0 Å². The lowest BCUT2D eigenvalue weighted by molar-refractivity contribution is 0.407. The molecule has 0 saturated carbocycles. The fourth-order valence-electron chi connectivity index (χ4n) is 2.86. The molecule has 0 spiro atoms. The lowest BCUT2D eigenvalue weighted by atomic mass is 9.89. The quantitative estimate of drug-likeness (QED) is 0.883. The molecular weight excluding hydrogens is 326 g/mol. The van der Waals surface area contributed by atoms with Gasteiger partial charge in [-0.3, -0.25) is 4.72 Å². The van der Waals surface area contributed by atoms with E-state index < -0.39 is 10.0 Å². The van der Waals surface area contributed by atoms with Gasteiger partial charge in [-0.1, -0.05) is 0 Å². The predicted octanol–water partition coefficient (Wildman–Crippen LogP) is 3.67. The van der Waals surface area contributed by atoms with Crippen molar-refractivity contribution in [1.82, 2.24) is 0 Å². The summed E-state index contributed by atoms with van der Waals surface area (Å²) in [5, 5.41) is 10.5. The molecule has 2 aromatic carbocycles. The smallest absolute Gasteiger partial charge is 0.229 e. The molecule has 0 aliphatic rings. The van der Waals surface area contributed by atoms with Gasteiger partial charge >= 0.3 is 0 Å². The Kier molecular flexibility index (Phi) is 4.80. The van der Waals surface area contributed by atoms with Gasteiger partial charge in [0.2, 0.25) is 10.0 Å². The topological polar surface area (TPSA) is 75.6 Å². The van der Waals surface area contributed by atoms with Crippen molar-refractivity contribution in [3.05, 3.63) is 40.5 Å². The fourth-order valence-corrected chi connectivity index (χ4v) is 3.42. The number of aryl methyl sites for hydroxylation is 2. The number of hydrogen-bond donors (Lipinski definition) is 2. The molecule has 130 valence electrons. The van der Waals surface area contributed by atoms with Crippen molar-refractivity contribution >= 4 is 15.7 Å². The van der Waals surface area contributed by atoms with E-state index in [-0.39, 0.29) is 5.75 Å². The first-order valence-corrected chi connectivity index (χ1v) is 9.41. The van der Waals surface area contributed by atoms with E-state index in [0.717, 1.165) is 28.5 Å². The van der Waals surface area contributed by atoms with Crippen LogP contribution in [-0.2, 0) is 10.0 Å². The normalized spacial score (nSPS) is 11.4. The highest BCUT2D eigenvalue weighted by molar-refractivity contribution is 7.92. The molecule has 0 saturated heterocycles. The first kappa shape index (κ1) is 18.1. The molecule has 0 fully saturated rings. The van der Waals surface area contributed by atoms with E-state index in [1.54, 1.807) is 6.07 Å². The number of phenolic OH excluding ortho intramolecular Hbond substituents is 1. The van der Waals surface area contributed by atoms with Crippen molar-refractivity contribution in [3.8, 4) is 22.6 Å². The highest BCUT2D eigenvalue weighted by Crippen LogP contribution is 2.43. The number of phenols is 1. The van der Waals surface area contributed by atoms with Gasteiger partial charge in [-0.05, 0) is 62.1 Å². The second kappa shape index (κ2) is 6.36. The van der Waals surface area contributed by atoms with Crippen LogP contribution in [0.2, 0.25) is 0 Å². The van der Waals surface area contributed by atoms with Crippen LogP contribution in [0.3, 0.4) is 0 Å². The van der Waals surface area contributed by atoms with E-state index in [1.165, 1.54) is 13.2 Å². The first-order valence-electron chi connectivity index (χ1n) is 7.51. The third kappa shape index (κ3) is 3.48. The lowest BCUT2D eigenvalue weighted by Gasteiger charge is -2.20. The van der Waals surface area contributed by atoms with Crippen molar-refractivity contribution in [2.75, 3.05) is 18.1 Å². The maximum Gasteiger partial charge on any atom is 0.229 e. The third-order valence-corrected chi connectivity index (χ3v) is 4.82. The van der Waals surface area contributed by atoms with Crippen LogP contribution in [0.25, 0.3) is 11.1 Å². The molecular formula is C18H23NO4S. The zero-order chi connectivity index (χ0) is 18.2. The Bertz CT molecular complexity index is 879. The minimum absolute atomic E-state index is 0.0507. The van der Waals surface area contributed by atoms with Crippen molar-refractivity contribution in [3.63, 3.8) is 0 Å². The number of benzene rings is 2. The Labute approximate surface area is 143 Å². The summed E-state index contributed by atoms with van der Waals surface area (Å²) < 4.78 is 31.3. The second-order valence-corrected chi connectivity index (χ2v) is 7.83. The Morgan fingerprint density at radius 3 is 2.08 bits per heavy atom. The van der Waals surface area contributed by atoms with Crippen molar-refractivity contribution < 1.29 is 18.3 Å². The largest absolute Gasteiger partial charge is 0.507 e. The van der Waals surface area contributed by atoms with Crippen molar-refractivity contribution in [2.24, 2.45) is 0 Å². The summed E-state index contributed by atoms with van der Waals surface area (Å²) in [4.78, 5) is 0. The first-order chi connectivity index (χ1) is 11.0. The SMILES string of the molecule is COc1cc(C)c(-c2c(NS(C)(=O)=O)cc(C)c(C)c2C)c(O)c1. The van der Waals surface area contributed by atoms with Crippen molar-refractivity contribution in [1.29, 1.82) is 0 Å². The monoisotopic (exact) mass is 349 g/mol. The molecule has 0 aromatic heterocycles. The molecule has 2 rings (SSSR count). The highest BCUT2D eigenvalue weighted by atomic mass is 32.2. The molecule has 0 aliphatic carbocycles. The van der Waals surface area contributed by atoms with Crippen LogP contribution < -0.4 is 9.46 Å². The van der Waals surface area contributed by atoms with Gasteiger partial charge in [0.15, 0.2) is 0 Å². The summed E-state index contributed by atoms with van der Waals surface area (Å²) in [6.07, 6.45) is 1.11. The van der Waals surface area contributed by atoms with Gasteiger partial charge in [0.05, 0.1) is 19.1 Å². The molecule has 24 heavy (non-hydrogen) atoms. The van der Waals surface area contributed by atoms with Gasteiger partial charge in [-0.15, -0.1) is 0 Å². The summed E-state index contributed by atoms with van der Waals surface area (Å²) in [6, 6.07) is 5.14. The maximum absolute atomic E-state index is 11.8. The number of methoxy groups -OCH3 is 1. The molecule has 0 unspecified atom stereocenters. The summed E-state index contributed by atoms with van der Waals surface area (Å²) >= 11 is 0. The van der Waals surface area contributed by atoms with E-state index in [0.29, 0.717) is 22.6 Å². The number of sulfonamides is 1. The predicted molar refractivity (Wildman–Crippen MR) is 97.5 cm³/mol. The second-order valence-electron chi connectivity index (χ2n) is 6.08. The molecule has 0 heterocycles. The van der Waals surface area contributed by atoms with E-state index >= 15 is 0 Å². The van der Waals surface area contributed by atoms with Crippen LogP contribution in [0.4, 0.5) is 5.69 Å². The van der Waals surface area contributed by atoms with Crippen LogP contribution >= 0.6 is 0 Å². The summed E-state index contributed by atoms with van der Waals surface area (Å²) in [5.41, 5.74) is 5.50. The van der Waals surface area contributed by atoms with E-state index in [9.17, 15) is 13.5 Å². The summed E-state index contributed by atoms with van der Waals surface area (Å²) in [5.74, 6) is 0.600. The fraction of sp³-hybridized carbons (Fsp3) is 0.333. The minimum atomic E-state index is -3.45. The average molecular weight is 349 g/mol. The van der Waals surface area contributed by atoms with Gasteiger partial charge in [0, 0.05) is 17.2 Å². The standard InChI is InChI=1S/C18H23NO4S/c1-10-8-15(19-24(6,21)22)18(13(4)12(10)3)17-11(2)7-14(23-5)9-16(17)20/h7-9,19-20H,1-6H3. The van der Waals surface area contributed by atoms with Crippen molar-refractivity contribution in [2.45, 2.75) is 27.7 Å². The Balaban J connectivity index is 2.85. The van der Waals surface area contributed by atoms with E-state index in [4.69, 9.17) is 4.74 Å². The van der Waals surface area contributed by atoms with Gasteiger partial charge < -0.3 is 9.84 Å². The third-order valence-electron chi connectivity index (χ3n) is 4.23. The van der Waals surface area contributed by atoms with Crippen LogP contribution in [-0.4, -0.2) is 26.9 Å². The zero-order valence-electron chi connectivity index (χ0n) is 14.8. The molecule has 0 aliphatic heterocycles. The van der Waals surface area contributed by atoms with Crippen LogP contribution in [0.1, 0.15) is 22.3 Å². The number of nitrogens with one attached hydrogen (secondary N) is 1. The Morgan fingerprint density at radius 2 is 1.58 bits per heavy atom. The van der Waals surface area contributed by atoms with Crippen LogP contribution in [0.5, 0.6) is 11.5 Å². The molecule has 0 amide bonds. The maximum atomic E-state index is 11.8. The molecule has 6 heteroatoms. The zero-order valence-corrected chi connectivity index (χ0v) is 15.6. The van der Waals surface area contributed by atoms with Gasteiger partial charge in [-0.25, -0.2) is 8.42 Å². The number of anilines is 1. The number of rotatable bonds is 4. The molecule has 2 aromatic rings. The summed E-state index contributed by atoms with van der Waals surface area (Å²) in [6.45, 7) is 7.69. The van der Waals surface area contributed by atoms with Gasteiger partial charge in [0.1, 0.15) is 11.5 Å². The molecule has 0 atom stereocenters. The number of hydrogen-bond acceptors (Lipinski definition) is 4. The molecule has 2 N–H and O–H groups in total. The number of ether oxygens (including phenoxy) is 1. The molecule has 0 bridgehead atoms. The van der Waals surface area contributed by atoms with E-state index in [2.05, 4.69) is 4.72 Å². The molecule has 0 radical (unpaired) electrons. The minimum Gasteiger partial charge on any atom is -0.507 e. The lowest BCUT2D eigenvalue weighted by Crippen LogP contribution is -2.12. The summed E-state index contributed by atoms with van der Waals surface area (Å²) in [7, 11) is -1.92.